The van der Waals surface area contributed by atoms with Crippen LogP contribution in [0.5, 0.6) is 0 Å². The molecule has 3 fully saturated rings. The average Bonchev–Trinajstić information content (AvgIpc) is 3.24. The van der Waals surface area contributed by atoms with E-state index in [1.807, 2.05) is 0 Å². The van der Waals surface area contributed by atoms with Gasteiger partial charge in [-0.15, -0.1) is 0 Å². The molecule has 2 amide bonds. The van der Waals surface area contributed by atoms with E-state index in [2.05, 4.69) is 5.32 Å². The monoisotopic (exact) mass is 266 g/mol. The molecule has 2 N–H and O–H groups in total. The smallest absolute Gasteiger partial charge is 0.317 e. The van der Waals surface area contributed by atoms with Crippen LogP contribution in [0.4, 0.5) is 4.79 Å². The van der Waals surface area contributed by atoms with Crippen LogP contribution in [0.1, 0.15) is 38.5 Å². The highest BCUT2D eigenvalue weighted by Gasteiger charge is 2.53. The van der Waals surface area contributed by atoms with Crippen molar-refractivity contribution in [3.8, 4) is 0 Å². The Bertz CT molecular complexity index is 388. The number of amides is 2. The van der Waals surface area contributed by atoms with Gasteiger partial charge in [-0.05, 0) is 49.4 Å². The Kier molecular flexibility index (Phi) is 3.15. The molecule has 3 rings (SSSR count). The SMILES string of the molecule is O=C(O)CC1CCN(C(=O)NCC2(C3CC3)CC2)C1. The van der Waals surface area contributed by atoms with Crippen LogP contribution in [-0.4, -0.2) is 41.6 Å². The van der Waals surface area contributed by atoms with Gasteiger partial charge in [0, 0.05) is 26.1 Å². The van der Waals surface area contributed by atoms with Crippen LogP contribution in [0.2, 0.25) is 0 Å². The van der Waals surface area contributed by atoms with E-state index in [0.29, 0.717) is 18.5 Å². The van der Waals surface area contributed by atoms with E-state index in [4.69, 9.17) is 5.11 Å². The normalized spacial score (nSPS) is 28.2. The summed E-state index contributed by atoms with van der Waals surface area (Å²) in [7, 11) is 0. The minimum Gasteiger partial charge on any atom is -0.481 e. The van der Waals surface area contributed by atoms with Gasteiger partial charge < -0.3 is 15.3 Å². The van der Waals surface area contributed by atoms with Crippen LogP contribution in [-0.2, 0) is 4.79 Å². The summed E-state index contributed by atoms with van der Waals surface area (Å²) in [5.74, 6) is 0.214. The van der Waals surface area contributed by atoms with Gasteiger partial charge in [0.25, 0.3) is 0 Å². The quantitative estimate of drug-likeness (QED) is 0.795. The van der Waals surface area contributed by atoms with Crippen molar-refractivity contribution in [2.45, 2.75) is 38.5 Å². The molecule has 0 bridgehead atoms. The maximum atomic E-state index is 12.1. The van der Waals surface area contributed by atoms with E-state index in [1.165, 1.54) is 25.7 Å². The molecule has 19 heavy (non-hydrogen) atoms. The molecular formula is C14H22N2O3. The Balaban J connectivity index is 1.42. The third kappa shape index (κ3) is 2.85. The zero-order valence-electron chi connectivity index (χ0n) is 11.2. The van der Waals surface area contributed by atoms with E-state index >= 15 is 0 Å². The van der Waals surface area contributed by atoms with Crippen LogP contribution >= 0.6 is 0 Å². The molecule has 1 saturated heterocycles. The van der Waals surface area contributed by atoms with Crippen LogP contribution in [0.3, 0.4) is 0 Å². The van der Waals surface area contributed by atoms with Gasteiger partial charge in [-0.25, -0.2) is 4.79 Å². The highest BCUT2D eigenvalue weighted by atomic mass is 16.4. The lowest BCUT2D eigenvalue weighted by Gasteiger charge is -2.20. The number of nitrogens with one attached hydrogen (secondary N) is 1. The van der Waals surface area contributed by atoms with Crippen molar-refractivity contribution in [1.29, 1.82) is 0 Å². The molecule has 2 aliphatic carbocycles. The zero-order valence-corrected chi connectivity index (χ0v) is 11.2. The van der Waals surface area contributed by atoms with Crippen LogP contribution in [0.25, 0.3) is 0 Å². The Hall–Kier alpha value is -1.26. The Labute approximate surface area is 113 Å². The van der Waals surface area contributed by atoms with Crippen LogP contribution < -0.4 is 5.32 Å². The number of carbonyl (C=O) groups excluding carboxylic acids is 1. The second-order valence-corrected chi connectivity index (χ2v) is 6.49. The molecule has 0 aromatic heterocycles. The molecule has 5 nitrogen and oxygen atoms in total. The number of rotatable bonds is 5. The zero-order chi connectivity index (χ0) is 13.5. The number of carbonyl (C=O) groups is 2. The van der Waals surface area contributed by atoms with Crippen molar-refractivity contribution in [3.05, 3.63) is 0 Å². The molecule has 0 aromatic carbocycles. The van der Waals surface area contributed by atoms with Crippen molar-refractivity contribution < 1.29 is 14.7 Å². The Morgan fingerprint density at radius 1 is 1.26 bits per heavy atom. The standard InChI is InChI=1S/C14H22N2O3/c17-12(18)7-10-3-6-16(8-10)13(19)15-9-14(4-5-14)11-1-2-11/h10-11H,1-9H2,(H,15,19)(H,17,18). The number of aliphatic carboxylic acids is 1. The molecule has 1 unspecified atom stereocenters. The van der Waals surface area contributed by atoms with Crippen molar-refractivity contribution in [3.63, 3.8) is 0 Å². The number of urea groups is 1. The van der Waals surface area contributed by atoms with Crippen molar-refractivity contribution in [1.82, 2.24) is 10.2 Å². The summed E-state index contributed by atoms with van der Waals surface area (Å²) in [4.78, 5) is 24.5. The van der Waals surface area contributed by atoms with Crippen molar-refractivity contribution in [2.24, 2.45) is 17.3 Å². The van der Waals surface area contributed by atoms with E-state index in [1.54, 1.807) is 4.90 Å². The molecule has 1 atom stereocenters. The van der Waals surface area contributed by atoms with E-state index < -0.39 is 5.97 Å². The summed E-state index contributed by atoms with van der Waals surface area (Å²) < 4.78 is 0. The number of hydrogen-bond donors (Lipinski definition) is 2. The maximum absolute atomic E-state index is 12.1. The summed E-state index contributed by atoms with van der Waals surface area (Å²) in [5.41, 5.74) is 0.426. The van der Waals surface area contributed by atoms with Crippen LogP contribution in [0.15, 0.2) is 0 Å². The van der Waals surface area contributed by atoms with Gasteiger partial charge in [0.2, 0.25) is 0 Å². The number of likely N-dealkylation sites (tertiary alicyclic amines) is 1. The predicted octanol–water partition coefficient (Wildman–Crippen LogP) is 1.68. The van der Waals surface area contributed by atoms with Gasteiger partial charge in [-0.2, -0.15) is 0 Å². The minimum atomic E-state index is -0.766. The molecule has 0 aromatic rings. The van der Waals surface area contributed by atoms with E-state index in [9.17, 15) is 9.59 Å². The lowest BCUT2D eigenvalue weighted by Crippen LogP contribution is -2.41. The predicted molar refractivity (Wildman–Crippen MR) is 69.7 cm³/mol. The van der Waals surface area contributed by atoms with Crippen molar-refractivity contribution >= 4 is 12.0 Å². The maximum Gasteiger partial charge on any atom is 0.317 e. The topological polar surface area (TPSA) is 69.6 Å². The molecule has 2 saturated carbocycles. The largest absolute Gasteiger partial charge is 0.481 e. The molecule has 5 heteroatoms. The summed E-state index contributed by atoms with van der Waals surface area (Å²) in [6.45, 7) is 2.10. The fourth-order valence-electron chi connectivity index (χ4n) is 3.38. The van der Waals surface area contributed by atoms with E-state index in [-0.39, 0.29) is 18.4 Å². The molecule has 0 spiro atoms. The highest BCUT2D eigenvalue weighted by Crippen LogP contribution is 2.60. The van der Waals surface area contributed by atoms with Gasteiger partial charge in [0.05, 0.1) is 0 Å². The second kappa shape index (κ2) is 4.69. The minimum absolute atomic E-state index is 0.000172. The van der Waals surface area contributed by atoms with Crippen molar-refractivity contribution in [2.75, 3.05) is 19.6 Å². The summed E-state index contributed by atoms with van der Waals surface area (Å²) in [6, 6.07) is -0.000172. The van der Waals surface area contributed by atoms with Gasteiger partial charge in [-0.1, -0.05) is 0 Å². The molecule has 1 heterocycles. The van der Waals surface area contributed by atoms with E-state index in [0.717, 1.165) is 18.9 Å². The van der Waals surface area contributed by atoms with Gasteiger partial charge in [-0.3, -0.25) is 4.79 Å². The third-order valence-corrected chi connectivity index (χ3v) is 4.96. The second-order valence-electron chi connectivity index (χ2n) is 6.49. The summed E-state index contributed by atoms with van der Waals surface area (Å²) >= 11 is 0. The molecule has 0 radical (unpaired) electrons. The summed E-state index contributed by atoms with van der Waals surface area (Å²) in [6.07, 6.45) is 6.18. The van der Waals surface area contributed by atoms with Gasteiger partial charge >= 0.3 is 12.0 Å². The van der Waals surface area contributed by atoms with Crippen LogP contribution in [0, 0.1) is 17.3 Å². The Morgan fingerprint density at radius 2 is 2.00 bits per heavy atom. The molecule has 1 aliphatic heterocycles. The third-order valence-electron chi connectivity index (χ3n) is 4.96. The average molecular weight is 266 g/mol. The first-order chi connectivity index (χ1) is 9.09. The Morgan fingerprint density at radius 3 is 2.58 bits per heavy atom. The first-order valence-electron chi connectivity index (χ1n) is 7.34. The fourth-order valence-corrected chi connectivity index (χ4v) is 3.38. The van der Waals surface area contributed by atoms with Gasteiger partial charge in [0.1, 0.15) is 0 Å². The number of nitrogens with zero attached hydrogens (tertiary/aromatic N) is 1. The lowest BCUT2D eigenvalue weighted by molar-refractivity contribution is -0.138. The first kappa shape index (κ1) is 12.8. The highest BCUT2D eigenvalue weighted by molar-refractivity contribution is 5.75. The molecule has 106 valence electrons. The lowest BCUT2D eigenvalue weighted by atomic mass is 10.0. The number of hydrogen-bond acceptors (Lipinski definition) is 2. The molecular weight excluding hydrogens is 244 g/mol. The summed E-state index contributed by atoms with van der Waals surface area (Å²) in [5, 5.41) is 11.8. The molecule has 3 aliphatic rings. The number of carboxylic acids is 1. The number of carboxylic acid groups (broad SMARTS) is 1. The fraction of sp³-hybridized carbons (Fsp3) is 0.857. The van der Waals surface area contributed by atoms with Gasteiger partial charge in [0.15, 0.2) is 0 Å². The first-order valence-corrected chi connectivity index (χ1v) is 7.34.